The molecule has 0 N–H and O–H groups in total. The molecule has 0 unspecified atom stereocenters. The summed E-state index contributed by atoms with van der Waals surface area (Å²) in [5, 5.41) is 0.226. The molecule has 9 heteroatoms. The van der Waals surface area contributed by atoms with Crippen LogP contribution < -0.4 is 9.47 Å². The molecule has 0 saturated heterocycles. The molecule has 0 fully saturated rings. The summed E-state index contributed by atoms with van der Waals surface area (Å²) >= 11 is 2.97. The van der Waals surface area contributed by atoms with Crippen molar-refractivity contribution in [3.63, 3.8) is 0 Å². The zero-order chi connectivity index (χ0) is 15.3. The van der Waals surface area contributed by atoms with Gasteiger partial charge in [0.05, 0.1) is 5.56 Å². The highest BCUT2D eigenvalue weighted by Crippen LogP contribution is 2.36. The van der Waals surface area contributed by atoms with Gasteiger partial charge in [-0.25, -0.2) is 0 Å². The number of alkyl halides is 6. The summed E-state index contributed by atoms with van der Waals surface area (Å²) in [4.78, 5) is 11.7. The molecule has 0 atom stereocenters. The fourth-order valence-corrected chi connectivity index (χ4v) is 1.73. The molecule has 0 saturated carbocycles. The topological polar surface area (TPSA) is 35.5 Å². The Kier molecular flexibility index (Phi) is 5.73. The smallest absolute Gasteiger partial charge is 0.430 e. The molecule has 3 nitrogen and oxygen atoms in total. The minimum atomic E-state index is -5.09. The van der Waals surface area contributed by atoms with E-state index >= 15 is 0 Å². The van der Waals surface area contributed by atoms with Gasteiger partial charge in [-0.15, -0.1) is 13.2 Å². The van der Waals surface area contributed by atoms with Gasteiger partial charge < -0.3 is 9.47 Å². The van der Waals surface area contributed by atoms with Crippen LogP contribution >= 0.6 is 15.9 Å². The fraction of sp³-hybridized carbons (Fsp3) is 0.364. The van der Waals surface area contributed by atoms with Crippen LogP contribution in [0.4, 0.5) is 22.0 Å². The summed E-state index contributed by atoms with van der Waals surface area (Å²) in [6, 6.07) is 2.96. The summed E-state index contributed by atoms with van der Waals surface area (Å²) in [7, 11) is 0. The molecule has 0 heterocycles. The molecular weight excluding hydrogens is 355 g/mol. The fourth-order valence-electron chi connectivity index (χ4n) is 1.37. The Balaban J connectivity index is 3.23. The number of para-hydroxylation sites is 1. The molecule has 20 heavy (non-hydrogen) atoms. The van der Waals surface area contributed by atoms with E-state index in [0.717, 1.165) is 18.2 Å². The van der Waals surface area contributed by atoms with Crippen molar-refractivity contribution >= 4 is 21.7 Å². The molecule has 1 aromatic carbocycles. The molecule has 0 radical (unpaired) electrons. The van der Waals surface area contributed by atoms with Crippen molar-refractivity contribution in [2.24, 2.45) is 0 Å². The van der Waals surface area contributed by atoms with Gasteiger partial charge in [-0.2, -0.15) is 8.78 Å². The van der Waals surface area contributed by atoms with Gasteiger partial charge in [0.1, 0.15) is 0 Å². The molecule has 0 aliphatic carbocycles. The van der Waals surface area contributed by atoms with Gasteiger partial charge in [0.2, 0.25) is 0 Å². The maximum absolute atomic E-state index is 12.3. The molecule has 112 valence electrons. The van der Waals surface area contributed by atoms with E-state index in [0.29, 0.717) is 0 Å². The van der Waals surface area contributed by atoms with Crippen LogP contribution in [-0.4, -0.2) is 24.1 Å². The summed E-state index contributed by atoms with van der Waals surface area (Å²) < 4.78 is 68.7. The number of ether oxygens (including phenoxy) is 2. The van der Waals surface area contributed by atoms with Crippen LogP contribution in [0.1, 0.15) is 16.8 Å². The van der Waals surface area contributed by atoms with E-state index < -0.39 is 35.8 Å². The Bertz CT molecular complexity index is 476. The van der Waals surface area contributed by atoms with Crippen LogP contribution in [0.2, 0.25) is 0 Å². The largest absolute Gasteiger partial charge is 0.573 e. The van der Waals surface area contributed by atoms with E-state index in [1.807, 2.05) is 0 Å². The predicted octanol–water partition coefficient (Wildman–Crippen LogP) is 4.15. The number of ketones is 1. The van der Waals surface area contributed by atoms with Crippen molar-refractivity contribution in [3.05, 3.63) is 23.8 Å². The maximum atomic E-state index is 12.3. The molecule has 0 amide bonds. The zero-order valence-corrected chi connectivity index (χ0v) is 11.3. The third kappa shape index (κ3) is 4.95. The van der Waals surface area contributed by atoms with Crippen molar-refractivity contribution in [3.8, 4) is 11.5 Å². The SMILES string of the molecule is O=C(CCBr)c1cccc(OC(F)(F)F)c1OC(F)F. The number of rotatable bonds is 6. The minimum absolute atomic E-state index is 0.0882. The second-order valence-corrected chi connectivity index (χ2v) is 4.21. The highest BCUT2D eigenvalue weighted by Gasteiger charge is 2.34. The lowest BCUT2D eigenvalue weighted by molar-refractivity contribution is -0.275. The van der Waals surface area contributed by atoms with E-state index in [1.165, 1.54) is 0 Å². The molecule has 0 bridgehead atoms. The highest BCUT2D eigenvalue weighted by molar-refractivity contribution is 9.09. The van der Waals surface area contributed by atoms with Crippen LogP contribution in [0.3, 0.4) is 0 Å². The Morgan fingerprint density at radius 3 is 2.45 bits per heavy atom. The van der Waals surface area contributed by atoms with Crippen LogP contribution in [0, 0.1) is 0 Å². The second kappa shape index (κ2) is 6.87. The molecular formula is C11H8BrF5O3. The summed E-state index contributed by atoms with van der Waals surface area (Å²) in [5.74, 6) is -2.56. The van der Waals surface area contributed by atoms with Crippen LogP contribution in [0.25, 0.3) is 0 Å². The maximum Gasteiger partial charge on any atom is 0.573 e. The first kappa shape index (κ1) is 16.7. The third-order valence-electron chi connectivity index (χ3n) is 2.03. The molecule has 0 aromatic heterocycles. The molecule has 0 spiro atoms. The summed E-state index contributed by atoms with van der Waals surface area (Å²) in [6.07, 6.45) is -5.17. The average molecular weight is 363 g/mol. The first-order chi connectivity index (χ1) is 9.24. The lowest BCUT2D eigenvalue weighted by atomic mass is 10.1. The van der Waals surface area contributed by atoms with E-state index in [2.05, 4.69) is 25.4 Å². The standard InChI is InChI=1S/C11H8BrF5O3/c12-5-4-7(18)6-2-1-3-8(20-11(15,16)17)9(6)19-10(13)14/h1-3,10H,4-5H2. The molecule has 1 aromatic rings. The Hall–Kier alpha value is -1.38. The number of Topliss-reactive ketones (excluding diaryl/α,β-unsaturated/α-hetero) is 1. The number of carbonyl (C=O) groups is 1. The van der Waals surface area contributed by atoms with Crippen molar-refractivity contribution in [2.45, 2.75) is 19.4 Å². The highest BCUT2D eigenvalue weighted by atomic mass is 79.9. The molecule has 0 aliphatic rings. The lowest BCUT2D eigenvalue weighted by Gasteiger charge is -2.16. The number of halogens is 6. The second-order valence-electron chi connectivity index (χ2n) is 3.42. The van der Waals surface area contributed by atoms with Crippen LogP contribution in [0.15, 0.2) is 18.2 Å². The first-order valence-corrected chi connectivity index (χ1v) is 6.29. The zero-order valence-electron chi connectivity index (χ0n) is 9.72. The van der Waals surface area contributed by atoms with Gasteiger partial charge in [-0.1, -0.05) is 22.0 Å². The van der Waals surface area contributed by atoms with Crippen LogP contribution in [-0.2, 0) is 0 Å². The monoisotopic (exact) mass is 362 g/mol. The van der Waals surface area contributed by atoms with Crippen molar-refractivity contribution in [2.75, 3.05) is 5.33 Å². The van der Waals surface area contributed by atoms with E-state index in [-0.39, 0.29) is 11.8 Å². The van der Waals surface area contributed by atoms with Gasteiger partial charge >= 0.3 is 13.0 Å². The summed E-state index contributed by atoms with van der Waals surface area (Å²) in [5.41, 5.74) is -0.397. The normalized spacial score (nSPS) is 11.6. The summed E-state index contributed by atoms with van der Waals surface area (Å²) in [6.45, 7) is -3.39. The third-order valence-corrected chi connectivity index (χ3v) is 2.43. The van der Waals surface area contributed by atoms with Gasteiger partial charge in [-0.3, -0.25) is 4.79 Å². The lowest BCUT2D eigenvalue weighted by Crippen LogP contribution is -2.19. The van der Waals surface area contributed by atoms with Gasteiger partial charge in [0.25, 0.3) is 0 Å². The van der Waals surface area contributed by atoms with Crippen LogP contribution in [0.5, 0.6) is 11.5 Å². The number of hydrogen-bond donors (Lipinski definition) is 0. The van der Waals surface area contributed by atoms with Gasteiger partial charge in [0, 0.05) is 11.8 Å². The van der Waals surface area contributed by atoms with E-state index in [1.54, 1.807) is 0 Å². The quantitative estimate of drug-likeness (QED) is 0.433. The first-order valence-electron chi connectivity index (χ1n) is 5.17. The van der Waals surface area contributed by atoms with Gasteiger partial charge in [0.15, 0.2) is 17.3 Å². The number of carbonyl (C=O) groups excluding carboxylic acids is 1. The van der Waals surface area contributed by atoms with E-state index in [9.17, 15) is 26.7 Å². The Labute approximate surface area is 118 Å². The minimum Gasteiger partial charge on any atom is -0.430 e. The molecule has 0 aliphatic heterocycles. The molecule has 1 rings (SSSR count). The number of hydrogen-bond acceptors (Lipinski definition) is 3. The van der Waals surface area contributed by atoms with Crippen molar-refractivity contribution < 1.29 is 36.2 Å². The van der Waals surface area contributed by atoms with Crippen molar-refractivity contribution in [1.29, 1.82) is 0 Å². The predicted molar refractivity (Wildman–Crippen MR) is 62.5 cm³/mol. The van der Waals surface area contributed by atoms with E-state index in [4.69, 9.17) is 0 Å². The van der Waals surface area contributed by atoms with Gasteiger partial charge in [-0.05, 0) is 12.1 Å². The average Bonchev–Trinajstić information content (AvgIpc) is 2.29. The Morgan fingerprint density at radius 2 is 1.95 bits per heavy atom. The number of benzene rings is 1. The Morgan fingerprint density at radius 1 is 1.30 bits per heavy atom. The van der Waals surface area contributed by atoms with Crippen molar-refractivity contribution in [1.82, 2.24) is 0 Å².